The number of thiophene rings is 1. The van der Waals surface area contributed by atoms with Gasteiger partial charge in [-0.15, -0.1) is 11.3 Å². The summed E-state index contributed by atoms with van der Waals surface area (Å²) < 4.78 is 14.1. The quantitative estimate of drug-likeness (QED) is 0.884. The molecule has 2 aromatic rings. The van der Waals surface area contributed by atoms with Crippen molar-refractivity contribution < 1.29 is 14.3 Å². The summed E-state index contributed by atoms with van der Waals surface area (Å²) in [6.07, 6.45) is 0. The fraction of sp³-hybridized carbons (Fsp3) is 0.267. The van der Waals surface area contributed by atoms with Crippen LogP contribution in [0, 0.1) is 5.82 Å². The van der Waals surface area contributed by atoms with Crippen molar-refractivity contribution in [3.8, 4) is 0 Å². The van der Waals surface area contributed by atoms with Gasteiger partial charge in [-0.2, -0.15) is 0 Å². The third kappa shape index (κ3) is 3.43. The van der Waals surface area contributed by atoms with Gasteiger partial charge >= 0.3 is 5.97 Å². The summed E-state index contributed by atoms with van der Waals surface area (Å²) in [4.78, 5) is 14.2. The number of halogens is 1. The van der Waals surface area contributed by atoms with Crippen molar-refractivity contribution in [2.24, 2.45) is 0 Å². The molecule has 1 N–H and O–H groups in total. The normalized spacial score (nSPS) is 10.9. The number of hydrogen-bond acceptors (Lipinski definition) is 3. The molecule has 0 spiro atoms. The van der Waals surface area contributed by atoms with Crippen molar-refractivity contribution in [1.82, 2.24) is 4.90 Å². The molecule has 1 aromatic heterocycles. The minimum Gasteiger partial charge on any atom is -0.478 e. The summed E-state index contributed by atoms with van der Waals surface area (Å²) >= 11 is 1.66. The highest BCUT2D eigenvalue weighted by Crippen LogP contribution is 2.18. The first-order chi connectivity index (χ1) is 9.61. The van der Waals surface area contributed by atoms with E-state index in [4.69, 9.17) is 5.11 Å². The summed E-state index contributed by atoms with van der Waals surface area (Å²) in [5.41, 5.74) is 0.151. The van der Waals surface area contributed by atoms with Gasteiger partial charge in [-0.3, -0.25) is 4.90 Å². The van der Waals surface area contributed by atoms with Crippen LogP contribution in [0.1, 0.15) is 27.7 Å². The molecule has 0 saturated heterocycles. The van der Waals surface area contributed by atoms with Gasteiger partial charge in [0.1, 0.15) is 5.82 Å². The monoisotopic (exact) mass is 293 g/mol. The zero-order valence-corrected chi connectivity index (χ0v) is 12.0. The summed E-state index contributed by atoms with van der Waals surface area (Å²) in [5.74, 6) is -1.87. The molecule has 106 valence electrons. The predicted octanol–water partition coefficient (Wildman–Crippen LogP) is 3.61. The van der Waals surface area contributed by atoms with Crippen molar-refractivity contribution in [3.63, 3.8) is 0 Å². The zero-order valence-electron chi connectivity index (χ0n) is 11.2. The summed E-state index contributed by atoms with van der Waals surface area (Å²) in [5, 5.41) is 10.9. The highest BCUT2D eigenvalue weighted by Gasteiger charge is 2.15. The molecule has 0 aliphatic carbocycles. The second-order valence-electron chi connectivity index (χ2n) is 4.47. The van der Waals surface area contributed by atoms with Gasteiger partial charge in [-0.25, -0.2) is 9.18 Å². The van der Waals surface area contributed by atoms with Gasteiger partial charge in [0.05, 0.1) is 5.56 Å². The van der Waals surface area contributed by atoms with E-state index in [-0.39, 0.29) is 5.56 Å². The average Bonchev–Trinajstić information content (AvgIpc) is 2.92. The van der Waals surface area contributed by atoms with Gasteiger partial charge in [-0.05, 0) is 24.1 Å². The van der Waals surface area contributed by atoms with Crippen molar-refractivity contribution in [2.45, 2.75) is 20.0 Å². The number of rotatable bonds is 6. The molecule has 0 unspecified atom stereocenters. The Bertz CT molecular complexity index is 584. The smallest absolute Gasteiger partial charge is 0.338 e. The van der Waals surface area contributed by atoms with Crippen LogP contribution in [-0.4, -0.2) is 22.5 Å². The number of benzene rings is 1. The Hall–Kier alpha value is -1.72. The molecule has 0 aliphatic rings. The van der Waals surface area contributed by atoms with E-state index in [0.29, 0.717) is 12.1 Å². The summed E-state index contributed by atoms with van der Waals surface area (Å²) in [7, 11) is 0. The minimum absolute atomic E-state index is 0.269. The molecule has 0 atom stereocenters. The largest absolute Gasteiger partial charge is 0.478 e. The Balaban J connectivity index is 2.15. The maximum atomic E-state index is 14.1. The van der Waals surface area contributed by atoms with Crippen LogP contribution in [0.25, 0.3) is 0 Å². The van der Waals surface area contributed by atoms with Gasteiger partial charge in [0.15, 0.2) is 0 Å². The first kappa shape index (κ1) is 14.7. The zero-order chi connectivity index (χ0) is 14.5. The van der Waals surface area contributed by atoms with Crippen molar-refractivity contribution in [2.75, 3.05) is 6.54 Å². The number of hydrogen-bond donors (Lipinski definition) is 1. The lowest BCUT2D eigenvalue weighted by atomic mass is 10.1. The van der Waals surface area contributed by atoms with Crippen LogP contribution in [0.5, 0.6) is 0 Å². The molecule has 0 aliphatic heterocycles. The van der Waals surface area contributed by atoms with Gasteiger partial charge in [-0.1, -0.05) is 25.1 Å². The standard InChI is InChI=1S/C15H16FNO2S/c1-2-17(10-12-6-4-8-20-12)9-11-5-3-7-13(14(11)16)15(18)19/h3-8H,2,9-10H2,1H3,(H,18,19). The van der Waals surface area contributed by atoms with E-state index in [2.05, 4.69) is 4.90 Å². The predicted molar refractivity (Wildman–Crippen MR) is 77.5 cm³/mol. The minimum atomic E-state index is -1.23. The van der Waals surface area contributed by atoms with Gasteiger partial charge in [0.2, 0.25) is 0 Å². The molecule has 0 radical (unpaired) electrons. The lowest BCUT2D eigenvalue weighted by Crippen LogP contribution is -2.22. The molecule has 5 heteroatoms. The first-order valence-corrected chi connectivity index (χ1v) is 7.25. The molecule has 1 heterocycles. The van der Waals surface area contributed by atoms with E-state index in [1.165, 1.54) is 10.9 Å². The number of carboxylic acid groups (broad SMARTS) is 1. The lowest BCUT2D eigenvalue weighted by Gasteiger charge is -2.20. The van der Waals surface area contributed by atoms with Crippen LogP contribution in [0.2, 0.25) is 0 Å². The number of carboxylic acids is 1. The van der Waals surface area contributed by atoms with Crippen molar-refractivity contribution in [1.29, 1.82) is 0 Å². The fourth-order valence-corrected chi connectivity index (χ4v) is 2.76. The maximum Gasteiger partial charge on any atom is 0.338 e. The van der Waals surface area contributed by atoms with Crippen LogP contribution in [0.3, 0.4) is 0 Å². The third-order valence-electron chi connectivity index (χ3n) is 3.11. The number of aromatic carboxylic acids is 1. The number of carbonyl (C=O) groups is 1. The van der Waals surface area contributed by atoms with E-state index < -0.39 is 11.8 Å². The lowest BCUT2D eigenvalue weighted by molar-refractivity contribution is 0.0691. The van der Waals surface area contributed by atoms with Gasteiger partial charge in [0.25, 0.3) is 0 Å². The Kier molecular flexibility index (Phi) is 4.87. The highest BCUT2D eigenvalue weighted by atomic mass is 32.1. The summed E-state index contributed by atoms with van der Waals surface area (Å²) in [6.45, 7) is 3.92. The molecule has 0 fully saturated rings. The maximum absolute atomic E-state index is 14.1. The molecular formula is C15H16FNO2S. The van der Waals surface area contributed by atoms with Gasteiger partial charge in [0, 0.05) is 23.5 Å². The van der Waals surface area contributed by atoms with Crippen LogP contribution < -0.4 is 0 Å². The third-order valence-corrected chi connectivity index (χ3v) is 3.97. The van der Waals surface area contributed by atoms with Crippen molar-refractivity contribution >= 4 is 17.3 Å². The van der Waals surface area contributed by atoms with Gasteiger partial charge < -0.3 is 5.11 Å². The molecule has 3 nitrogen and oxygen atoms in total. The molecule has 0 amide bonds. The SMILES string of the molecule is CCN(Cc1cccs1)Cc1cccc(C(=O)O)c1F. The van der Waals surface area contributed by atoms with Crippen LogP contribution in [-0.2, 0) is 13.1 Å². The molecule has 20 heavy (non-hydrogen) atoms. The first-order valence-electron chi connectivity index (χ1n) is 6.37. The molecular weight excluding hydrogens is 277 g/mol. The Morgan fingerprint density at radius 2 is 2.10 bits per heavy atom. The van der Waals surface area contributed by atoms with E-state index in [1.54, 1.807) is 23.5 Å². The second kappa shape index (κ2) is 6.63. The van der Waals surface area contributed by atoms with E-state index in [9.17, 15) is 9.18 Å². The highest BCUT2D eigenvalue weighted by molar-refractivity contribution is 7.09. The van der Waals surface area contributed by atoms with Crippen LogP contribution in [0.15, 0.2) is 35.7 Å². The summed E-state index contributed by atoms with van der Waals surface area (Å²) in [6, 6.07) is 8.53. The molecule has 1 aromatic carbocycles. The van der Waals surface area contributed by atoms with E-state index >= 15 is 0 Å². The van der Waals surface area contributed by atoms with Crippen LogP contribution >= 0.6 is 11.3 Å². The van der Waals surface area contributed by atoms with Crippen molar-refractivity contribution in [3.05, 3.63) is 57.5 Å². The Morgan fingerprint density at radius 1 is 1.30 bits per heavy atom. The molecule has 0 bridgehead atoms. The number of nitrogens with zero attached hydrogens (tertiary/aromatic N) is 1. The fourth-order valence-electron chi connectivity index (χ4n) is 2.01. The van der Waals surface area contributed by atoms with E-state index in [1.807, 2.05) is 24.4 Å². The second-order valence-corrected chi connectivity index (χ2v) is 5.50. The molecule has 0 saturated carbocycles. The Morgan fingerprint density at radius 3 is 2.70 bits per heavy atom. The average molecular weight is 293 g/mol. The van der Waals surface area contributed by atoms with E-state index in [0.717, 1.165) is 13.1 Å². The Labute approximate surface area is 121 Å². The molecule has 2 rings (SSSR count). The van der Waals surface area contributed by atoms with Crippen LogP contribution in [0.4, 0.5) is 4.39 Å². The topological polar surface area (TPSA) is 40.5 Å².